The summed E-state index contributed by atoms with van der Waals surface area (Å²) in [5.41, 5.74) is 0.480. The molecular formula is C12H18ClN3O4S. The monoisotopic (exact) mass is 335 g/mol. The first-order valence-corrected chi connectivity index (χ1v) is 8.59. The summed E-state index contributed by atoms with van der Waals surface area (Å²) >= 11 is 5.92. The molecule has 2 rings (SSSR count). The molecule has 1 aromatic rings. The maximum atomic E-state index is 10.8. The quantitative estimate of drug-likeness (QED) is 0.652. The molecule has 2 unspecified atom stereocenters. The fourth-order valence-corrected chi connectivity index (χ4v) is 3.06. The van der Waals surface area contributed by atoms with E-state index in [4.69, 9.17) is 20.9 Å². The van der Waals surface area contributed by atoms with Gasteiger partial charge >= 0.3 is 0 Å². The lowest BCUT2D eigenvalue weighted by atomic mass is 10.1. The van der Waals surface area contributed by atoms with Crippen LogP contribution in [0.4, 0.5) is 5.82 Å². The van der Waals surface area contributed by atoms with Crippen molar-refractivity contribution in [1.29, 1.82) is 0 Å². The average Bonchev–Trinajstić information content (AvgIpc) is 2.35. The summed E-state index contributed by atoms with van der Waals surface area (Å²) in [6, 6.07) is 1.97. The second-order valence-electron chi connectivity index (χ2n) is 5.17. The number of aryl methyl sites for hydroxylation is 1. The minimum absolute atomic E-state index is 0.0590. The molecule has 2 heterocycles. The van der Waals surface area contributed by atoms with E-state index in [0.29, 0.717) is 24.7 Å². The number of rotatable bonds is 4. The molecule has 118 valence electrons. The Bertz CT molecular complexity index is 601. The molecule has 1 aromatic heterocycles. The molecule has 1 aliphatic heterocycles. The molecule has 0 aliphatic carbocycles. The summed E-state index contributed by atoms with van der Waals surface area (Å²) < 4.78 is 36.0. The molecule has 7 nitrogen and oxygen atoms in total. The standard InChI is InChI=1S/C12H18ClN3O4S/c1-8-6-20-7-9(2)16(8)11-5-10(14-12(13)15-11)3-4-21(17,18)19/h5,8-9H,3-4,6-7H2,1-2H3,(H,17,18,19). The molecule has 1 fully saturated rings. The predicted octanol–water partition coefficient (Wildman–Crippen LogP) is 1.17. The van der Waals surface area contributed by atoms with Crippen LogP contribution < -0.4 is 4.90 Å². The Morgan fingerprint density at radius 3 is 2.57 bits per heavy atom. The summed E-state index contributed by atoms with van der Waals surface area (Å²) in [4.78, 5) is 10.3. The number of hydrogen-bond donors (Lipinski definition) is 1. The first-order chi connectivity index (χ1) is 9.76. The van der Waals surface area contributed by atoms with Crippen molar-refractivity contribution in [3.05, 3.63) is 17.0 Å². The summed E-state index contributed by atoms with van der Waals surface area (Å²) in [5.74, 6) is 0.247. The van der Waals surface area contributed by atoms with E-state index in [1.165, 1.54) is 0 Å². The van der Waals surface area contributed by atoms with Gasteiger partial charge in [0.1, 0.15) is 5.82 Å². The lowest BCUT2D eigenvalue weighted by Crippen LogP contribution is -2.50. The summed E-state index contributed by atoms with van der Waals surface area (Å²) in [6.07, 6.45) is 0.0845. The van der Waals surface area contributed by atoms with Gasteiger partial charge in [0.25, 0.3) is 10.1 Å². The van der Waals surface area contributed by atoms with Gasteiger partial charge in [0, 0.05) is 18.2 Å². The van der Waals surface area contributed by atoms with Crippen molar-refractivity contribution >= 4 is 27.5 Å². The minimum atomic E-state index is -4.03. The van der Waals surface area contributed by atoms with E-state index in [0.717, 1.165) is 0 Å². The molecule has 0 spiro atoms. The van der Waals surface area contributed by atoms with E-state index in [1.54, 1.807) is 6.07 Å². The van der Waals surface area contributed by atoms with E-state index in [1.807, 2.05) is 13.8 Å². The second kappa shape index (κ2) is 6.43. The molecule has 9 heteroatoms. The van der Waals surface area contributed by atoms with Gasteiger partial charge in [-0.05, 0) is 25.4 Å². The predicted molar refractivity (Wildman–Crippen MR) is 79.4 cm³/mol. The van der Waals surface area contributed by atoms with E-state index in [9.17, 15) is 8.42 Å². The van der Waals surface area contributed by atoms with Crippen LogP contribution in [0.1, 0.15) is 19.5 Å². The lowest BCUT2D eigenvalue weighted by Gasteiger charge is -2.39. The Kier molecular flexibility index (Phi) is 5.03. The van der Waals surface area contributed by atoms with E-state index in [-0.39, 0.29) is 23.8 Å². The van der Waals surface area contributed by atoms with Crippen molar-refractivity contribution in [1.82, 2.24) is 9.97 Å². The van der Waals surface area contributed by atoms with E-state index in [2.05, 4.69) is 14.9 Å². The maximum absolute atomic E-state index is 10.8. The van der Waals surface area contributed by atoms with Crippen LogP contribution in [0.2, 0.25) is 5.28 Å². The molecule has 0 saturated carbocycles. The van der Waals surface area contributed by atoms with Crippen LogP contribution in [0.15, 0.2) is 6.07 Å². The Balaban J connectivity index is 2.25. The summed E-state index contributed by atoms with van der Waals surface area (Å²) in [6.45, 7) is 5.21. The van der Waals surface area contributed by atoms with Gasteiger partial charge in [-0.1, -0.05) is 0 Å². The van der Waals surface area contributed by atoms with Crippen LogP contribution in [0, 0.1) is 0 Å². The highest BCUT2D eigenvalue weighted by Crippen LogP contribution is 2.23. The fourth-order valence-electron chi connectivity index (χ4n) is 2.40. The van der Waals surface area contributed by atoms with Crippen molar-refractivity contribution in [2.24, 2.45) is 0 Å². The van der Waals surface area contributed by atoms with Crippen molar-refractivity contribution in [3.8, 4) is 0 Å². The fraction of sp³-hybridized carbons (Fsp3) is 0.667. The number of ether oxygens (including phenoxy) is 1. The van der Waals surface area contributed by atoms with Crippen LogP contribution in [0.25, 0.3) is 0 Å². The number of anilines is 1. The lowest BCUT2D eigenvalue weighted by molar-refractivity contribution is 0.0752. The zero-order chi connectivity index (χ0) is 15.6. The Hall–Kier alpha value is -0.960. The molecule has 2 atom stereocenters. The summed E-state index contributed by atoms with van der Waals surface area (Å²) in [7, 11) is -4.03. The van der Waals surface area contributed by atoms with Gasteiger partial charge in [0.15, 0.2) is 0 Å². The third kappa shape index (κ3) is 4.50. The highest BCUT2D eigenvalue weighted by atomic mass is 35.5. The molecule has 0 aromatic carbocycles. The minimum Gasteiger partial charge on any atom is -0.377 e. The molecule has 1 N–H and O–H groups in total. The molecular weight excluding hydrogens is 318 g/mol. The number of morpholine rings is 1. The maximum Gasteiger partial charge on any atom is 0.265 e. The van der Waals surface area contributed by atoms with Gasteiger partial charge in [0.05, 0.1) is 31.1 Å². The number of nitrogens with zero attached hydrogens (tertiary/aromatic N) is 3. The third-order valence-corrected chi connectivity index (χ3v) is 4.18. The van der Waals surface area contributed by atoms with Gasteiger partial charge in [-0.2, -0.15) is 8.42 Å². The van der Waals surface area contributed by atoms with Crippen LogP contribution in [0.3, 0.4) is 0 Å². The second-order valence-corrected chi connectivity index (χ2v) is 7.08. The highest BCUT2D eigenvalue weighted by Gasteiger charge is 2.27. The molecule has 0 bridgehead atoms. The largest absolute Gasteiger partial charge is 0.377 e. The van der Waals surface area contributed by atoms with Crippen molar-refractivity contribution in [2.75, 3.05) is 23.9 Å². The normalized spacial score (nSPS) is 23.3. The van der Waals surface area contributed by atoms with Gasteiger partial charge in [-0.3, -0.25) is 4.55 Å². The Morgan fingerprint density at radius 2 is 2.00 bits per heavy atom. The first-order valence-electron chi connectivity index (χ1n) is 6.61. The van der Waals surface area contributed by atoms with Gasteiger partial charge in [0.2, 0.25) is 5.28 Å². The zero-order valence-electron chi connectivity index (χ0n) is 11.9. The molecule has 1 aliphatic rings. The SMILES string of the molecule is CC1COCC(C)N1c1cc(CCS(=O)(=O)O)nc(Cl)n1. The molecule has 21 heavy (non-hydrogen) atoms. The van der Waals surface area contributed by atoms with Crippen LogP contribution >= 0.6 is 11.6 Å². The van der Waals surface area contributed by atoms with Gasteiger partial charge in [-0.15, -0.1) is 0 Å². The van der Waals surface area contributed by atoms with Crippen molar-refractivity contribution < 1.29 is 17.7 Å². The zero-order valence-corrected chi connectivity index (χ0v) is 13.4. The third-order valence-electron chi connectivity index (χ3n) is 3.29. The number of hydrogen-bond acceptors (Lipinski definition) is 6. The number of aromatic nitrogens is 2. The smallest absolute Gasteiger partial charge is 0.265 e. The topological polar surface area (TPSA) is 92.6 Å². The average molecular weight is 336 g/mol. The van der Waals surface area contributed by atoms with Crippen molar-refractivity contribution in [2.45, 2.75) is 32.4 Å². The van der Waals surface area contributed by atoms with Crippen molar-refractivity contribution in [3.63, 3.8) is 0 Å². The Morgan fingerprint density at radius 1 is 1.38 bits per heavy atom. The molecule has 0 amide bonds. The summed E-state index contributed by atoms with van der Waals surface area (Å²) in [5, 5.41) is 0.0590. The van der Waals surface area contributed by atoms with E-state index >= 15 is 0 Å². The van der Waals surface area contributed by atoms with Crippen LogP contribution in [0.5, 0.6) is 0 Å². The Labute approximate surface area is 129 Å². The van der Waals surface area contributed by atoms with Crippen LogP contribution in [-0.2, 0) is 21.3 Å². The van der Waals surface area contributed by atoms with E-state index < -0.39 is 15.9 Å². The van der Waals surface area contributed by atoms with Crippen LogP contribution in [-0.4, -0.2) is 54.0 Å². The highest BCUT2D eigenvalue weighted by molar-refractivity contribution is 7.85. The van der Waals surface area contributed by atoms with Gasteiger partial charge in [-0.25, -0.2) is 9.97 Å². The molecule has 0 radical (unpaired) electrons. The number of halogens is 1. The van der Waals surface area contributed by atoms with Gasteiger partial charge < -0.3 is 9.64 Å². The molecule has 1 saturated heterocycles. The first kappa shape index (κ1) is 16.4.